The number of rotatable bonds is 5. The van der Waals surface area contributed by atoms with Gasteiger partial charge in [-0.3, -0.25) is 4.79 Å². The molecule has 2 rings (SSSR count). The highest BCUT2D eigenvalue weighted by Crippen LogP contribution is 2.28. The largest absolute Gasteiger partial charge is 0.548 e. The molecule has 23 heavy (non-hydrogen) atoms. The van der Waals surface area contributed by atoms with E-state index in [0.29, 0.717) is 24.0 Å². The lowest BCUT2D eigenvalue weighted by Gasteiger charge is -2.38. The van der Waals surface area contributed by atoms with E-state index < -0.39 is 27.3 Å². The van der Waals surface area contributed by atoms with Gasteiger partial charge >= 0.3 is 0 Å². The third kappa shape index (κ3) is 4.54. The number of carboxylic acid groups (broad SMARTS) is 1. The van der Waals surface area contributed by atoms with Crippen LogP contribution in [-0.4, -0.2) is 32.1 Å². The molecule has 1 N–H and O–H groups in total. The van der Waals surface area contributed by atoms with Gasteiger partial charge in [0.15, 0.2) is 9.84 Å². The monoisotopic (exact) mass is 338 g/mol. The normalized spacial score (nSPS) is 17.4. The average molecular weight is 338 g/mol. The number of benzene rings is 1. The number of amides is 1. The zero-order chi connectivity index (χ0) is 17.1. The van der Waals surface area contributed by atoms with Crippen molar-refractivity contribution in [2.24, 2.45) is 0 Å². The van der Waals surface area contributed by atoms with Gasteiger partial charge in [-0.05, 0) is 30.5 Å². The summed E-state index contributed by atoms with van der Waals surface area (Å²) in [6.45, 7) is 0. The molecule has 0 bridgehead atoms. The molecule has 0 spiro atoms. The average Bonchev–Trinajstić information content (AvgIpc) is 2.47. The van der Waals surface area contributed by atoms with E-state index in [-0.39, 0.29) is 5.75 Å². The summed E-state index contributed by atoms with van der Waals surface area (Å²) in [6, 6.07) is 6.12. The molecule has 126 valence electrons. The summed E-state index contributed by atoms with van der Waals surface area (Å²) in [6.07, 6.45) is 4.30. The van der Waals surface area contributed by atoms with Gasteiger partial charge in [0.25, 0.3) is 5.91 Å². The molecule has 0 heterocycles. The molecular formula is C16H20NO5S-. The highest BCUT2D eigenvalue weighted by atomic mass is 32.2. The summed E-state index contributed by atoms with van der Waals surface area (Å²) >= 11 is 0. The van der Waals surface area contributed by atoms with Gasteiger partial charge in [0.1, 0.15) is 0 Å². The number of carboxylic acids is 1. The van der Waals surface area contributed by atoms with Crippen LogP contribution in [0.4, 0.5) is 0 Å². The molecule has 1 fully saturated rings. The maximum atomic E-state index is 12.3. The first-order chi connectivity index (χ1) is 10.7. The van der Waals surface area contributed by atoms with Crippen molar-refractivity contribution >= 4 is 21.7 Å². The quantitative estimate of drug-likeness (QED) is 0.838. The molecule has 1 amide bonds. The second-order valence-electron chi connectivity index (χ2n) is 6.15. The zero-order valence-corrected chi connectivity index (χ0v) is 13.8. The van der Waals surface area contributed by atoms with Crippen LogP contribution >= 0.6 is 0 Å². The third-order valence-corrected chi connectivity index (χ3v) is 4.95. The maximum absolute atomic E-state index is 12.3. The summed E-state index contributed by atoms with van der Waals surface area (Å²) in [5, 5.41) is 14.1. The molecule has 1 aromatic rings. The van der Waals surface area contributed by atoms with Gasteiger partial charge in [0, 0.05) is 11.8 Å². The number of sulfone groups is 1. The number of aliphatic carboxylic acids is 1. The molecule has 6 nitrogen and oxygen atoms in total. The van der Waals surface area contributed by atoms with E-state index in [0.717, 1.165) is 25.5 Å². The Labute approximate surface area is 135 Å². The topological polar surface area (TPSA) is 103 Å². The predicted molar refractivity (Wildman–Crippen MR) is 83.3 cm³/mol. The Bertz CT molecular complexity index is 688. The smallest absolute Gasteiger partial charge is 0.252 e. The molecule has 0 unspecified atom stereocenters. The Morgan fingerprint density at radius 1 is 1.13 bits per heavy atom. The molecule has 7 heteroatoms. The molecular weight excluding hydrogens is 318 g/mol. The van der Waals surface area contributed by atoms with Crippen molar-refractivity contribution in [3.63, 3.8) is 0 Å². The van der Waals surface area contributed by atoms with Crippen molar-refractivity contribution < 1.29 is 23.1 Å². The van der Waals surface area contributed by atoms with Crippen molar-refractivity contribution in [3.8, 4) is 0 Å². The maximum Gasteiger partial charge on any atom is 0.252 e. The van der Waals surface area contributed by atoms with E-state index in [1.807, 2.05) is 0 Å². The van der Waals surface area contributed by atoms with E-state index in [9.17, 15) is 23.1 Å². The van der Waals surface area contributed by atoms with Gasteiger partial charge in [-0.25, -0.2) is 8.42 Å². The Morgan fingerprint density at radius 2 is 1.70 bits per heavy atom. The van der Waals surface area contributed by atoms with E-state index in [1.165, 1.54) is 12.1 Å². The number of carbonyl (C=O) groups is 2. The SMILES string of the molecule is CS(=O)(=O)Cc1ccc(C(=O)NC2(C(=O)[O-])CCCCC2)cc1. The lowest BCUT2D eigenvalue weighted by Crippen LogP contribution is -2.60. The molecule has 0 aliphatic heterocycles. The number of hydrogen-bond donors (Lipinski definition) is 1. The van der Waals surface area contributed by atoms with Crippen LogP contribution < -0.4 is 10.4 Å². The Kier molecular flexibility index (Phi) is 5.09. The van der Waals surface area contributed by atoms with Gasteiger partial charge in [-0.2, -0.15) is 0 Å². The summed E-state index contributed by atoms with van der Waals surface area (Å²) in [5.41, 5.74) is -0.425. The summed E-state index contributed by atoms with van der Waals surface area (Å²) in [4.78, 5) is 23.8. The van der Waals surface area contributed by atoms with Crippen LogP contribution in [0.5, 0.6) is 0 Å². The Balaban J connectivity index is 2.12. The second-order valence-corrected chi connectivity index (χ2v) is 8.29. The predicted octanol–water partition coefficient (Wildman–Crippen LogP) is 0.414. The van der Waals surface area contributed by atoms with Gasteiger partial charge < -0.3 is 15.2 Å². The Hall–Kier alpha value is -1.89. The lowest BCUT2D eigenvalue weighted by molar-refractivity contribution is -0.315. The first-order valence-corrected chi connectivity index (χ1v) is 9.59. The van der Waals surface area contributed by atoms with Gasteiger partial charge in [0.05, 0.1) is 17.3 Å². The van der Waals surface area contributed by atoms with Gasteiger partial charge in [-0.15, -0.1) is 0 Å². The standard InChI is InChI=1S/C16H21NO5S/c1-23(21,22)11-12-5-7-13(8-6-12)14(18)17-16(15(19)20)9-3-2-4-10-16/h5-8H,2-4,9-11H2,1H3,(H,17,18)(H,19,20)/p-1. The molecule has 0 saturated heterocycles. The van der Waals surface area contributed by atoms with E-state index in [2.05, 4.69) is 5.32 Å². The van der Waals surface area contributed by atoms with Gasteiger partial charge in [-0.1, -0.05) is 31.4 Å². The highest BCUT2D eigenvalue weighted by Gasteiger charge is 2.35. The van der Waals surface area contributed by atoms with Crippen molar-refractivity contribution in [2.75, 3.05) is 6.26 Å². The fraction of sp³-hybridized carbons (Fsp3) is 0.500. The van der Waals surface area contributed by atoms with Crippen molar-refractivity contribution in [1.82, 2.24) is 5.32 Å². The molecule has 0 radical (unpaired) electrons. The van der Waals surface area contributed by atoms with Crippen molar-refractivity contribution in [2.45, 2.75) is 43.4 Å². The van der Waals surface area contributed by atoms with Crippen LogP contribution in [0, 0.1) is 0 Å². The zero-order valence-electron chi connectivity index (χ0n) is 13.0. The van der Waals surface area contributed by atoms with Crippen LogP contribution in [0.2, 0.25) is 0 Å². The lowest BCUT2D eigenvalue weighted by atomic mass is 9.81. The molecule has 0 atom stereocenters. The van der Waals surface area contributed by atoms with Crippen molar-refractivity contribution in [3.05, 3.63) is 35.4 Å². The molecule has 1 saturated carbocycles. The Morgan fingerprint density at radius 3 is 2.17 bits per heavy atom. The second kappa shape index (κ2) is 6.70. The minimum atomic E-state index is -3.14. The van der Waals surface area contributed by atoms with Gasteiger partial charge in [0.2, 0.25) is 0 Å². The summed E-state index contributed by atoms with van der Waals surface area (Å²) in [5.74, 6) is -1.83. The first-order valence-electron chi connectivity index (χ1n) is 7.52. The fourth-order valence-corrected chi connectivity index (χ4v) is 3.68. The van der Waals surface area contributed by atoms with Crippen LogP contribution in [0.25, 0.3) is 0 Å². The highest BCUT2D eigenvalue weighted by molar-refractivity contribution is 7.89. The van der Waals surface area contributed by atoms with E-state index in [1.54, 1.807) is 12.1 Å². The minimum absolute atomic E-state index is 0.0993. The van der Waals surface area contributed by atoms with Crippen LogP contribution in [-0.2, 0) is 20.4 Å². The number of carbonyl (C=O) groups excluding carboxylic acids is 2. The third-order valence-electron chi connectivity index (χ3n) is 4.10. The molecule has 0 aromatic heterocycles. The van der Waals surface area contributed by atoms with Crippen LogP contribution in [0.15, 0.2) is 24.3 Å². The fourth-order valence-electron chi connectivity index (χ4n) is 2.88. The van der Waals surface area contributed by atoms with E-state index >= 15 is 0 Å². The minimum Gasteiger partial charge on any atom is -0.548 e. The van der Waals surface area contributed by atoms with E-state index in [4.69, 9.17) is 0 Å². The summed E-state index contributed by atoms with van der Waals surface area (Å²) < 4.78 is 22.5. The van der Waals surface area contributed by atoms with Crippen LogP contribution in [0.3, 0.4) is 0 Å². The van der Waals surface area contributed by atoms with Crippen LogP contribution in [0.1, 0.15) is 48.0 Å². The summed E-state index contributed by atoms with van der Waals surface area (Å²) in [7, 11) is -3.14. The molecule has 1 aromatic carbocycles. The van der Waals surface area contributed by atoms with Crippen molar-refractivity contribution in [1.29, 1.82) is 0 Å². The first kappa shape index (κ1) is 17.5. The molecule has 1 aliphatic carbocycles. The number of nitrogens with one attached hydrogen (secondary N) is 1. The number of hydrogen-bond acceptors (Lipinski definition) is 5. The molecule has 1 aliphatic rings.